The van der Waals surface area contributed by atoms with Gasteiger partial charge in [-0.2, -0.15) is 46.7 Å². The average Bonchev–Trinajstić information content (AvgIpc) is 3.67. The van der Waals surface area contributed by atoms with E-state index < -0.39 is 59.3 Å². The maximum atomic E-state index is 11.8. The summed E-state index contributed by atoms with van der Waals surface area (Å²) < 4.78 is 74.8. The van der Waals surface area contributed by atoms with Crippen LogP contribution in [0.2, 0.25) is 0 Å². The predicted molar refractivity (Wildman–Crippen MR) is 196 cm³/mol. The molecule has 3 heterocycles. The number of thiophene rings is 3. The van der Waals surface area contributed by atoms with Crippen LogP contribution in [0.25, 0.3) is 0 Å². The molecule has 0 aliphatic heterocycles. The molecule has 14 nitrogen and oxygen atoms in total. The smallest absolute Gasteiger partial charge is 0.425 e. The van der Waals surface area contributed by atoms with Gasteiger partial charge in [0.25, 0.3) is 0 Å². The molecule has 0 aromatic carbocycles. The number of primary sulfonamides is 2. The van der Waals surface area contributed by atoms with Crippen LogP contribution < -0.4 is 15.4 Å². The number of aryl methyl sites for hydroxylation is 1. The van der Waals surface area contributed by atoms with Crippen molar-refractivity contribution in [1.29, 1.82) is 0 Å². The molecule has 3 aromatic rings. The zero-order valence-electron chi connectivity index (χ0n) is 27.3. The van der Waals surface area contributed by atoms with Gasteiger partial charge in [0.1, 0.15) is 11.2 Å². The van der Waals surface area contributed by atoms with Gasteiger partial charge in [-0.1, -0.05) is 15.9 Å². The molecule has 0 saturated heterocycles. The molecule has 1 amide bonds. The number of alkyl halides is 1. The van der Waals surface area contributed by atoms with Crippen LogP contribution in [0.1, 0.15) is 58.2 Å². The normalized spacial score (nSPS) is 11.8. The summed E-state index contributed by atoms with van der Waals surface area (Å²) in [6, 6.07) is 5.72. The fraction of sp³-hybridized carbons (Fsp3) is 0.481. The molecular weight excluding hydrogens is 813 g/mol. The second-order valence-corrected chi connectivity index (χ2v) is 19.3. The van der Waals surface area contributed by atoms with Crippen LogP contribution in [0.4, 0.5) is 4.79 Å². The third-order valence-electron chi connectivity index (χ3n) is 4.54. The zero-order chi connectivity index (χ0) is 37.4. The van der Waals surface area contributed by atoms with Gasteiger partial charge in [-0.25, -0.2) is 37.0 Å². The van der Waals surface area contributed by atoms with Gasteiger partial charge in [0.05, 0.1) is 12.3 Å². The molecule has 0 aliphatic carbocycles. The molecule has 274 valence electrons. The lowest BCUT2D eigenvalue weighted by molar-refractivity contribution is -0.151. The number of ether oxygens (including phenoxy) is 2. The summed E-state index contributed by atoms with van der Waals surface area (Å²) >= 11 is 8.03. The Labute approximate surface area is 304 Å². The van der Waals surface area contributed by atoms with Crippen LogP contribution in [0.15, 0.2) is 50.5 Å². The summed E-state index contributed by atoms with van der Waals surface area (Å²) in [7, 11) is -11.2. The molecule has 0 saturated carbocycles. The van der Waals surface area contributed by atoms with E-state index in [-0.39, 0.29) is 12.3 Å². The molecule has 3 rings (SSSR count). The highest BCUT2D eigenvalue weighted by Crippen LogP contribution is 2.16. The molecular formula is C27H43BrN4O10S6. The van der Waals surface area contributed by atoms with Crippen molar-refractivity contribution in [2.45, 2.75) is 71.0 Å². The first-order valence-corrected chi connectivity index (χ1v) is 22.4. The third-order valence-corrected chi connectivity index (χ3v) is 9.69. The summed E-state index contributed by atoms with van der Waals surface area (Å²) in [6.07, 6.45) is -0.460. The minimum Gasteiger partial charge on any atom is -0.459 e. The number of hydrogen-bond donors (Lipinski definition) is 3. The summed E-state index contributed by atoms with van der Waals surface area (Å²) in [4.78, 5) is 22.6. The minimum atomic E-state index is -4.15. The van der Waals surface area contributed by atoms with E-state index in [1.54, 1.807) is 81.0 Å². The van der Waals surface area contributed by atoms with Crippen molar-refractivity contribution in [3.63, 3.8) is 0 Å². The lowest BCUT2D eigenvalue weighted by atomic mass is 10.2. The summed E-state index contributed by atoms with van der Waals surface area (Å²) in [6.45, 7) is 9.76. The van der Waals surface area contributed by atoms with Crippen molar-refractivity contribution in [3.8, 4) is 0 Å². The van der Waals surface area contributed by atoms with Gasteiger partial charge < -0.3 is 9.47 Å². The van der Waals surface area contributed by atoms with Crippen molar-refractivity contribution in [2.24, 2.45) is 15.4 Å². The van der Waals surface area contributed by atoms with E-state index >= 15 is 0 Å². The fourth-order valence-corrected chi connectivity index (χ4v) is 6.80. The quantitative estimate of drug-likeness (QED) is 0.201. The molecule has 0 unspecified atom stereocenters. The Balaban J connectivity index is 0.000000646. The molecule has 0 spiro atoms. The fourth-order valence-electron chi connectivity index (χ4n) is 2.72. The van der Waals surface area contributed by atoms with Crippen LogP contribution in [0.5, 0.6) is 0 Å². The first kappa shape index (κ1) is 46.0. The third kappa shape index (κ3) is 26.0. The summed E-state index contributed by atoms with van der Waals surface area (Å²) in [5.41, 5.74) is 1.62. The average molecular weight is 856 g/mol. The lowest BCUT2D eigenvalue weighted by Crippen LogP contribution is -2.43. The molecule has 21 heteroatoms. The Bertz CT molecular complexity index is 1680. The predicted octanol–water partition coefficient (Wildman–Crippen LogP) is 4.53. The number of carbonyl (C=O) groups is 2. The van der Waals surface area contributed by atoms with Gasteiger partial charge in [0.2, 0.25) is 20.0 Å². The van der Waals surface area contributed by atoms with E-state index in [1.807, 2.05) is 16.8 Å². The van der Waals surface area contributed by atoms with E-state index in [4.69, 9.17) is 19.8 Å². The van der Waals surface area contributed by atoms with Gasteiger partial charge in [-0.3, -0.25) is 4.79 Å². The molecule has 0 aliphatic rings. The molecule has 0 bridgehead atoms. The number of esters is 1. The Morgan fingerprint density at radius 1 is 0.729 bits per heavy atom. The Morgan fingerprint density at radius 2 is 1.17 bits per heavy atom. The molecule has 48 heavy (non-hydrogen) atoms. The number of rotatable bonds is 9. The largest absolute Gasteiger partial charge is 0.459 e. The SMILES string of the molecule is BrCc1ccsc1.CC(C)(C)OC(=O)CS(N)(=O)=O.CC(C)(C)OC(=O)N(Cc1ccsc1)S(N)(=O)=O.NS(=O)(=O)CCc1ccsc1. The summed E-state index contributed by atoms with van der Waals surface area (Å²) in [5, 5.41) is 27.0. The standard InChI is InChI=1S/C10H16N2O4S2.C6H13NO4S.C6H9NO2S2.C5H5BrS/c1-10(2,3)16-9(13)12(18(11,14)15)6-8-4-5-17-7-8;1-6(2,3)11-5(8)4-12(7,9)10;7-11(8,9)4-2-6-1-3-10-5-6;6-3-5-1-2-7-4-5/h4-5,7H,6H2,1-3H3,(H2,11,14,15);4H2,1-3H3,(H2,7,9,10);1,3,5H,2,4H2,(H2,7,8,9);1-2,4H,3H2. The Kier molecular flexibility index (Phi) is 19.8. The van der Waals surface area contributed by atoms with Crippen LogP contribution in [0, 0.1) is 0 Å². The highest BCUT2D eigenvalue weighted by atomic mass is 79.9. The van der Waals surface area contributed by atoms with Crippen molar-refractivity contribution < 1.29 is 44.3 Å². The topological polar surface area (TPSA) is 236 Å². The van der Waals surface area contributed by atoms with Crippen molar-refractivity contribution >= 4 is 92.3 Å². The van der Waals surface area contributed by atoms with Crippen LogP contribution >= 0.6 is 49.9 Å². The number of amides is 1. The lowest BCUT2D eigenvalue weighted by Gasteiger charge is -2.25. The van der Waals surface area contributed by atoms with Gasteiger partial charge in [-0.05, 0) is 115 Å². The highest BCUT2D eigenvalue weighted by molar-refractivity contribution is 9.08. The molecule has 6 N–H and O–H groups in total. The van der Waals surface area contributed by atoms with Crippen molar-refractivity contribution in [2.75, 3.05) is 11.5 Å². The van der Waals surface area contributed by atoms with E-state index in [1.165, 1.54) is 16.9 Å². The zero-order valence-corrected chi connectivity index (χ0v) is 33.8. The Hall–Kier alpha value is -1.95. The van der Waals surface area contributed by atoms with Crippen LogP contribution in [-0.4, -0.2) is 64.3 Å². The second-order valence-electron chi connectivity index (χ2n) is 11.6. The maximum Gasteiger partial charge on any atom is 0.425 e. The van der Waals surface area contributed by atoms with Crippen LogP contribution in [0.3, 0.4) is 0 Å². The molecule has 3 aromatic heterocycles. The first-order chi connectivity index (χ1) is 21.7. The minimum absolute atomic E-state index is 0.0315. The Morgan fingerprint density at radius 3 is 1.48 bits per heavy atom. The van der Waals surface area contributed by atoms with E-state index in [0.29, 0.717) is 16.3 Å². The van der Waals surface area contributed by atoms with Gasteiger partial charge in [0.15, 0.2) is 5.75 Å². The number of sulfonamides is 2. The summed E-state index contributed by atoms with van der Waals surface area (Å²) in [5.74, 6) is -1.57. The van der Waals surface area contributed by atoms with Crippen molar-refractivity contribution in [1.82, 2.24) is 4.31 Å². The van der Waals surface area contributed by atoms with E-state index in [0.717, 1.165) is 10.9 Å². The van der Waals surface area contributed by atoms with Crippen molar-refractivity contribution in [3.05, 3.63) is 67.2 Å². The van der Waals surface area contributed by atoms with Crippen LogP contribution in [-0.2, 0) is 62.8 Å². The van der Waals surface area contributed by atoms with Gasteiger partial charge >= 0.3 is 22.3 Å². The second kappa shape index (κ2) is 20.7. The van der Waals surface area contributed by atoms with E-state index in [2.05, 4.69) is 37.9 Å². The van der Waals surface area contributed by atoms with E-state index in [9.17, 15) is 34.8 Å². The number of hydrogen-bond acceptors (Lipinski definition) is 13. The highest BCUT2D eigenvalue weighted by Gasteiger charge is 2.29. The van der Waals surface area contributed by atoms with Gasteiger partial charge in [0, 0.05) is 5.33 Å². The molecule has 0 fully saturated rings. The number of nitrogens with two attached hydrogens (primary N) is 3. The molecule has 0 radical (unpaired) electrons. The maximum absolute atomic E-state index is 11.8. The molecule has 0 atom stereocenters. The number of nitrogens with zero attached hydrogens (tertiary/aromatic N) is 1. The van der Waals surface area contributed by atoms with Gasteiger partial charge in [-0.15, -0.1) is 0 Å². The monoisotopic (exact) mass is 854 g/mol. The number of carbonyl (C=O) groups excluding carboxylic acids is 2. The number of halogens is 1. The first-order valence-electron chi connectivity index (χ1n) is 13.6.